The predicted octanol–water partition coefficient (Wildman–Crippen LogP) is 5.49. The van der Waals surface area contributed by atoms with Gasteiger partial charge < -0.3 is 5.73 Å². The molecule has 0 aliphatic rings. The van der Waals surface area contributed by atoms with Crippen LogP contribution in [0.2, 0.25) is 0 Å². The minimum absolute atomic E-state index is 1.12. The van der Waals surface area contributed by atoms with Crippen LogP contribution in [0.15, 0.2) is 0 Å². The van der Waals surface area contributed by atoms with Crippen LogP contribution in [0.3, 0.4) is 0 Å². The van der Waals surface area contributed by atoms with Crippen molar-refractivity contribution < 1.29 is 5.73 Å². The molecule has 0 aromatic carbocycles. The highest BCUT2D eigenvalue weighted by molar-refractivity contribution is 4.49. The van der Waals surface area contributed by atoms with Crippen LogP contribution >= 0.6 is 0 Å². The van der Waals surface area contributed by atoms with E-state index in [0.29, 0.717) is 0 Å². The number of unbranched alkanes of at least 4 members (excludes halogenated alkanes) is 15. The van der Waals surface area contributed by atoms with Gasteiger partial charge in [0.15, 0.2) is 0 Å². The van der Waals surface area contributed by atoms with Gasteiger partial charge in [-0.1, -0.05) is 96.8 Å². The lowest BCUT2D eigenvalue weighted by molar-refractivity contribution is -0.368. The summed E-state index contributed by atoms with van der Waals surface area (Å²) in [5.74, 6) is 0. The van der Waals surface area contributed by atoms with E-state index in [1.807, 2.05) is 0 Å². The van der Waals surface area contributed by atoms with E-state index in [1.165, 1.54) is 103 Å². The fraction of sp³-hybridized carbons (Fsp3) is 1.00. The third-order valence-electron chi connectivity index (χ3n) is 4.10. The van der Waals surface area contributed by atoms with Gasteiger partial charge in [-0.15, -0.1) is 0 Å². The van der Waals surface area contributed by atoms with Crippen molar-refractivity contribution in [3.05, 3.63) is 0 Å². The van der Waals surface area contributed by atoms with Crippen LogP contribution in [-0.2, 0) is 0 Å². The van der Waals surface area contributed by atoms with Gasteiger partial charge in [0, 0.05) is 0 Å². The maximum absolute atomic E-state index is 3.89. The Balaban J connectivity index is 2.88. The maximum atomic E-state index is 3.89. The molecular formula is C18H40N+. The smallest absolute Gasteiger partial charge is 0.0739 e. The van der Waals surface area contributed by atoms with Crippen LogP contribution in [0.4, 0.5) is 0 Å². The van der Waals surface area contributed by atoms with E-state index in [1.54, 1.807) is 0 Å². The van der Waals surface area contributed by atoms with E-state index in [9.17, 15) is 0 Å². The zero-order valence-electron chi connectivity index (χ0n) is 13.7. The van der Waals surface area contributed by atoms with Gasteiger partial charge >= 0.3 is 0 Å². The Labute approximate surface area is 122 Å². The first kappa shape index (κ1) is 19.0. The second-order valence-corrected chi connectivity index (χ2v) is 6.16. The van der Waals surface area contributed by atoms with Crippen molar-refractivity contribution in [3.8, 4) is 0 Å². The van der Waals surface area contributed by atoms with Gasteiger partial charge in [0.25, 0.3) is 0 Å². The minimum Gasteiger partial charge on any atom is -0.358 e. The average Bonchev–Trinajstić information content (AvgIpc) is 2.43. The molecule has 0 spiro atoms. The molecule has 0 aromatic heterocycles. The first-order valence-electron chi connectivity index (χ1n) is 9.21. The lowest BCUT2D eigenvalue weighted by atomic mass is 10.0. The summed E-state index contributed by atoms with van der Waals surface area (Å²) in [7, 11) is 0. The summed E-state index contributed by atoms with van der Waals surface area (Å²) < 4.78 is 0. The van der Waals surface area contributed by atoms with Crippen molar-refractivity contribution in [1.29, 1.82) is 0 Å². The number of rotatable bonds is 16. The van der Waals surface area contributed by atoms with Crippen LogP contribution in [0, 0.1) is 0 Å². The second kappa shape index (κ2) is 18.0. The van der Waals surface area contributed by atoms with Gasteiger partial charge in [0.2, 0.25) is 0 Å². The van der Waals surface area contributed by atoms with Crippen molar-refractivity contribution in [2.24, 2.45) is 0 Å². The molecule has 0 radical (unpaired) electrons. The lowest BCUT2D eigenvalue weighted by Gasteiger charge is -2.03. The summed E-state index contributed by atoms with van der Waals surface area (Å²) in [6.07, 6.45) is 23.2. The molecule has 0 aliphatic heterocycles. The van der Waals surface area contributed by atoms with Crippen molar-refractivity contribution >= 4 is 0 Å². The molecule has 0 aliphatic carbocycles. The monoisotopic (exact) mass is 270 g/mol. The van der Waals surface area contributed by atoms with Crippen LogP contribution in [0.5, 0.6) is 0 Å². The summed E-state index contributed by atoms with van der Waals surface area (Å²) in [5, 5.41) is 0. The first-order valence-corrected chi connectivity index (χ1v) is 9.21. The lowest BCUT2D eigenvalue weighted by Crippen LogP contribution is -2.50. The standard InChI is InChI=1S/C18H39N/c1-2-3-4-5-6-7-8-9-10-11-12-13-14-15-16-17-18-19/h2-19H2,1H3/p+1. The molecule has 0 unspecified atom stereocenters. The fourth-order valence-corrected chi connectivity index (χ4v) is 2.72. The molecule has 0 bridgehead atoms. The maximum Gasteiger partial charge on any atom is 0.0739 e. The third-order valence-corrected chi connectivity index (χ3v) is 4.10. The minimum atomic E-state index is 1.12. The number of hydrogen-bond acceptors (Lipinski definition) is 0. The Hall–Kier alpha value is -0.0400. The molecule has 1 heteroatoms. The zero-order valence-corrected chi connectivity index (χ0v) is 13.7. The molecule has 19 heavy (non-hydrogen) atoms. The van der Waals surface area contributed by atoms with Crippen molar-refractivity contribution in [2.75, 3.05) is 6.54 Å². The van der Waals surface area contributed by atoms with Crippen LogP contribution < -0.4 is 5.73 Å². The fourth-order valence-electron chi connectivity index (χ4n) is 2.72. The largest absolute Gasteiger partial charge is 0.358 e. The molecule has 1 nitrogen and oxygen atoms in total. The Morgan fingerprint density at radius 2 is 0.684 bits per heavy atom. The van der Waals surface area contributed by atoms with Gasteiger partial charge in [0.1, 0.15) is 0 Å². The highest BCUT2D eigenvalue weighted by Gasteiger charge is 1.94. The van der Waals surface area contributed by atoms with E-state index < -0.39 is 0 Å². The topological polar surface area (TPSA) is 27.6 Å². The number of quaternary nitrogens is 1. The molecule has 0 heterocycles. The summed E-state index contributed by atoms with van der Waals surface area (Å²) in [4.78, 5) is 0. The summed E-state index contributed by atoms with van der Waals surface area (Å²) in [6, 6.07) is 0. The van der Waals surface area contributed by atoms with E-state index in [0.717, 1.165) is 6.54 Å². The third kappa shape index (κ3) is 18.0. The van der Waals surface area contributed by atoms with Crippen LogP contribution in [0.25, 0.3) is 0 Å². The van der Waals surface area contributed by atoms with E-state index in [-0.39, 0.29) is 0 Å². The van der Waals surface area contributed by atoms with E-state index in [4.69, 9.17) is 0 Å². The number of hydrogen-bond donors (Lipinski definition) is 1. The Kier molecular flexibility index (Phi) is 17.9. The SMILES string of the molecule is CCCCCCCCCCCCCCCCCC[NH3+]. The molecule has 0 fully saturated rings. The van der Waals surface area contributed by atoms with Gasteiger partial charge in [-0.2, -0.15) is 0 Å². The average molecular weight is 271 g/mol. The molecule has 0 saturated carbocycles. The summed E-state index contributed by atoms with van der Waals surface area (Å²) in [6.45, 7) is 3.42. The molecule has 3 N–H and O–H groups in total. The molecule has 0 amide bonds. The molecule has 0 rings (SSSR count). The molecule has 116 valence electrons. The Morgan fingerprint density at radius 1 is 0.421 bits per heavy atom. The summed E-state index contributed by atoms with van der Waals surface area (Å²) in [5.41, 5.74) is 3.89. The zero-order chi connectivity index (χ0) is 14.0. The van der Waals surface area contributed by atoms with Gasteiger partial charge in [-0.3, -0.25) is 0 Å². The summed E-state index contributed by atoms with van der Waals surface area (Å²) >= 11 is 0. The van der Waals surface area contributed by atoms with Crippen molar-refractivity contribution in [3.63, 3.8) is 0 Å². The predicted molar refractivity (Wildman–Crippen MR) is 87.3 cm³/mol. The molecule has 0 atom stereocenters. The molecular weight excluding hydrogens is 230 g/mol. The van der Waals surface area contributed by atoms with Gasteiger partial charge in [0.05, 0.1) is 6.54 Å². The van der Waals surface area contributed by atoms with Crippen molar-refractivity contribution in [1.82, 2.24) is 0 Å². The van der Waals surface area contributed by atoms with Crippen LogP contribution in [0.1, 0.15) is 110 Å². The molecule has 0 saturated heterocycles. The second-order valence-electron chi connectivity index (χ2n) is 6.16. The quantitative estimate of drug-likeness (QED) is 0.359. The normalized spacial score (nSPS) is 11.1. The van der Waals surface area contributed by atoms with Gasteiger partial charge in [-0.25, -0.2) is 0 Å². The highest BCUT2D eigenvalue weighted by Crippen LogP contribution is 2.13. The van der Waals surface area contributed by atoms with E-state index >= 15 is 0 Å². The van der Waals surface area contributed by atoms with Gasteiger partial charge in [-0.05, 0) is 12.8 Å². The van der Waals surface area contributed by atoms with Crippen molar-refractivity contribution in [2.45, 2.75) is 110 Å². The Morgan fingerprint density at radius 3 is 0.947 bits per heavy atom. The van der Waals surface area contributed by atoms with E-state index in [2.05, 4.69) is 12.7 Å². The van der Waals surface area contributed by atoms with Crippen LogP contribution in [-0.4, -0.2) is 6.54 Å². The first-order chi connectivity index (χ1) is 9.41. The Bertz CT molecular complexity index is 129. The molecule has 0 aromatic rings. The highest BCUT2D eigenvalue weighted by atomic mass is 14.5.